The van der Waals surface area contributed by atoms with Gasteiger partial charge in [-0.3, -0.25) is 0 Å². The van der Waals surface area contributed by atoms with Crippen LogP contribution in [0, 0.1) is 0 Å². The Morgan fingerprint density at radius 2 is 1.21 bits per heavy atom. The number of aliphatic hydroxyl groups is 2. The number of aliphatic hydroxyl groups excluding tert-OH is 1. The molecule has 0 spiro atoms. The number of ether oxygens (including phenoxy) is 4. The Kier molecular flexibility index (Phi) is 8.57. The summed E-state index contributed by atoms with van der Waals surface area (Å²) in [5, 5.41) is 19.4. The molecule has 0 saturated carbocycles. The normalized spacial score (nSPS) is 11.1. The van der Waals surface area contributed by atoms with Crippen LogP contribution in [-0.4, -0.2) is 60.8 Å². The van der Waals surface area contributed by atoms with E-state index in [1.54, 1.807) is 36.4 Å². The summed E-state index contributed by atoms with van der Waals surface area (Å²) in [5.74, 6) is -2.14. The van der Waals surface area contributed by atoms with Crippen LogP contribution in [0.2, 0.25) is 0 Å². The van der Waals surface area contributed by atoms with Crippen LogP contribution in [0.4, 0.5) is 0 Å². The molecule has 0 bridgehead atoms. The number of benzene rings is 2. The highest BCUT2D eigenvalue weighted by atomic mass is 16.6. The summed E-state index contributed by atoms with van der Waals surface area (Å²) < 4.78 is 20.4. The number of rotatable bonds is 11. The van der Waals surface area contributed by atoms with Crippen molar-refractivity contribution in [2.75, 3.05) is 33.0 Å². The maximum Gasteiger partial charge on any atom is 0.357 e. The van der Waals surface area contributed by atoms with Gasteiger partial charge < -0.3 is 29.2 Å². The van der Waals surface area contributed by atoms with E-state index >= 15 is 0 Å². The van der Waals surface area contributed by atoms with Gasteiger partial charge in [-0.05, 0) is 24.3 Å². The van der Waals surface area contributed by atoms with Crippen LogP contribution in [-0.2, 0) is 19.1 Å². The molecule has 0 aliphatic carbocycles. The number of hydrogen-bond donors (Lipinski definition) is 2. The third-order valence-electron chi connectivity index (χ3n) is 3.50. The summed E-state index contributed by atoms with van der Waals surface area (Å²) in [5.41, 5.74) is -2.68. The van der Waals surface area contributed by atoms with Crippen LogP contribution in [0.15, 0.2) is 60.7 Å². The van der Waals surface area contributed by atoms with E-state index in [0.717, 1.165) is 0 Å². The highest BCUT2D eigenvalue weighted by molar-refractivity contribution is 6.05. The lowest BCUT2D eigenvalue weighted by molar-refractivity contribution is -0.179. The first-order valence-corrected chi connectivity index (χ1v) is 8.59. The van der Waals surface area contributed by atoms with Crippen molar-refractivity contribution in [3.63, 3.8) is 0 Å². The van der Waals surface area contributed by atoms with Crippen molar-refractivity contribution in [1.29, 1.82) is 0 Å². The number of para-hydroxylation sites is 2. The van der Waals surface area contributed by atoms with E-state index < -0.39 is 24.1 Å². The molecule has 0 radical (unpaired) electrons. The second-order valence-corrected chi connectivity index (χ2v) is 5.65. The quantitative estimate of drug-likeness (QED) is 0.253. The van der Waals surface area contributed by atoms with E-state index in [9.17, 15) is 14.7 Å². The molecule has 0 atom stereocenters. The Morgan fingerprint density at radius 1 is 0.750 bits per heavy atom. The molecular weight excluding hydrogens is 368 g/mol. The molecule has 150 valence electrons. The van der Waals surface area contributed by atoms with Gasteiger partial charge >= 0.3 is 11.9 Å². The molecule has 2 rings (SSSR count). The molecule has 0 amide bonds. The van der Waals surface area contributed by atoms with E-state index in [-0.39, 0.29) is 37.9 Å². The van der Waals surface area contributed by atoms with Crippen LogP contribution in [0.3, 0.4) is 0 Å². The molecule has 0 aromatic heterocycles. The Hall–Kier alpha value is -2.78. The van der Waals surface area contributed by atoms with Gasteiger partial charge in [-0.1, -0.05) is 36.4 Å². The lowest BCUT2D eigenvalue weighted by Gasteiger charge is -2.23. The molecule has 2 N–H and O–H groups in total. The van der Waals surface area contributed by atoms with Crippen molar-refractivity contribution < 1.29 is 38.7 Å². The fourth-order valence-corrected chi connectivity index (χ4v) is 2.07. The van der Waals surface area contributed by atoms with Gasteiger partial charge in [-0.2, -0.15) is 0 Å². The van der Waals surface area contributed by atoms with E-state index in [1.807, 2.05) is 0 Å². The summed E-state index contributed by atoms with van der Waals surface area (Å²) >= 11 is 0. The molecule has 0 unspecified atom stereocenters. The zero-order chi connectivity index (χ0) is 20.2. The van der Waals surface area contributed by atoms with Crippen molar-refractivity contribution in [3.8, 4) is 11.5 Å². The summed E-state index contributed by atoms with van der Waals surface area (Å²) in [4.78, 5) is 25.0. The number of carbonyl (C=O) groups is 2. The van der Waals surface area contributed by atoms with Crippen molar-refractivity contribution in [2.24, 2.45) is 0 Å². The summed E-state index contributed by atoms with van der Waals surface area (Å²) in [6.07, 6.45) is 0. The van der Waals surface area contributed by atoms with Crippen molar-refractivity contribution in [2.45, 2.75) is 5.60 Å². The minimum atomic E-state index is -2.68. The first kappa shape index (κ1) is 21.5. The van der Waals surface area contributed by atoms with Crippen molar-refractivity contribution in [1.82, 2.24) is 0 Å². The van der Waals surface area contributed by atoms with Crippen molar-refractivity contribution in [3.05, 3.63) is 60.7 Å². The Labute approximate surface area is 162 Å². The molecule has 8 heteroatoms. The Balaban J connectivity index is 2.06. The zero-order valence-electron chi connectivity index (χ0n) is 15.2. The van der Waals surface area contributed by atoms with Gasteiger partial charge in [0.25, 0.3) is 5.60 Å². The number of hydrogen-bond acceptors (Lipinski definition) is 8. The largest absolute Gasteiger partial charge is 0.424 e. The minimum absolute atomic E-state index is 0.0143. The molecule has 0 aliphatic rings. The number of esters is 2. The lowest BCUT2D eigenvalue weighted by atomic mass is 10.1. The first-order chi connectivity index (χ1) is 13.6. The maximum atomic E-state index is 12.5. The topological polar surface area (TPSA) is 112 Å². The minimum Gasteiger partial charge on any atom is -0.424 e. The van der Waals surface area contributed by atoms with Gasteiger partial charge in [0.2, 0.25) is 0 Å². The average molecular weight is 390 g/mol. The van der Waals surface area contributed by atoms with Crippen LogP contribution in [0.1, 0.15) is 0 Å². The van der Waals surface area contributed by atoms with E-state index in [4.69, 9.17) is 24.1 Å². The standard InChI is InChI=1S/C20H22O8/c21-11-12-25-13-14-26-15-20(24,18(22)27-16-7-3-1-4-8-16)19(23)28-17-9-5-2-6-10-17/h1-10,21,24H,11-15H2. The van der Waals surface area contributed by atoms with E-state index in [1.165, 1.54) is 24.3 Å². The highest BCUT2D eigenvalue weighted by Crippen LogP contribution is 2.18. The molecule has 2 aromatic rings. The SMILES string of the molecule is O=C(Oc1ccccc1)C(O)(COCCOCCO)C(=O)Oc1ccccc1. The monoisotopic (exact) mass is 390 g/mol. The van der Waals surface area contributed by atoms with Gasteiger partial charge in [0.05, 0.1) is 33.0 Å². The second kappa shape index (κ2) is 11.2. The smallest absolute Gasteiger partial charge is 0.357 e. The molecule has 28 heavy (non-hydrogen) atoms. The molecule has 0 saturated heterocycles. The van der Waals surface area contributed by atoms with Crippen LogP contribution >= 0.6 is 0 Å². The summed E-state index contributed by atoms with van der Waals surface area (Å²) in [6, 6.07) is 16.0. The second-order valence-electron chi connectivity index (χ2n) is 5.65. The van der Waals surface area contributed by atoms with Crippen LogP contribution in [0.5, 0.6) is 11.5 Å². The van der Waals surface area contributed by atoms with Gasteiger partial charge in [-0.25, -0.2) is 9.59 Å². The fourth-order valence-electron chi connectivity index (χ4n) is 2.07. The Bertz CT molecular complexity index is 679. The predicted octanol–water partition coefficient (Wildman–Crippen LogP) is 0.954. The molecule has 8 nitrogen and oxygen atoms in total. The zero-order valence-corrected chi connectivity index (χ0v) is 15.2. The van der Waals surface area contributed by atoms with Gasteiger partial charge in [0.15, 0.2) is 0 Å². The van der Waals surface area contributed by atoms with E-state index in [0.29, 0.717) is 0 Å². The predicted molar refractivity (Wildman–Crippen MR) is 97.8 cm³/mol. The molecule has 0 aliphatic heterocycles. The lowest BCUT2D eigenvalue weighted by Crippen LogP contribution is -2.55. The third-order valence-corrected chi connectivity index (χ3v) is 3.50. The molecule has 0 heterocycles. The van der Waals surface area contributed by atoms with Crippen LogP contribution in [0.25, 0.3) is 0 Å². The summed E-state index contributed by atoms with van der Waals surface area (Å²) in [6.45, 7) is -0.610. The third kappa shape index (κ3) is 6.43. The van der Waals surface area contributed by atoms with Gasteiger partial charge in [0, 0.05) is 0 Å². The maximum absolute atomic E-state index is 12.5. The summed E-state index contributed by atoms with van der Waals surface area (Å²) in [7, 11) is 0. The van der Waals surface area contributed by atoms with Gasteiger partial charge in [0.1, 0.15) is 11.5 Å². The first-order valence-electron chi connectivity index (χ1n) is 8.59. The van der Waals surface area contributed by atoms with Gasteiger partial charge in [-0.15, -0.1) is 0 Å². The molecule has 2 aromatic carbocycles. The fraction of sp³-hybridized carbons (Fsp3) is 0.300. The number of carbonyl (C=O) groups excluding carboxylic acids is 2. The Morgan fingerprint density at radius 3 is 1.68 bits per heavy atom. The average Bonchev–Trinajstić information content (AvgIpc) is 2.71. The van der Waals surface area contributed by atoms with Crippen molar-refractivity contribution >= 4 is 11.9 Å². The molecule has 0 fully saturated rings. The van der Waals surface area contributed by atoms with E-state index in [2.05, 4.69) is 0 Å². The van der Waals surface area contributed by atoms with Crippen LogP contribution < -0.4 is 9.47 Å². The molecular formula is C20H22O8. The highest BCUT2D eigenvalue weighted by Gasteiger charge is 2.48.